The van der Waals surface area contributed by atoms with E-state index in [0.717, 1.165) is 28.3 Å². The zero-order chi connectivity index (χ0) is 13.0. The number of aromatic nitrogens is 2. The molecule has 0 radical (unpaired) electrons. The average molecular weight is 354 g/mol. The van der Waals surface area contributed by atoms with E-state index in [1.54, 1.807) is 0 Å². The summed E-state index contributed by atoms with van der Waals surface area (Å²) < 4.78 is 1.04. The van der Waals surface area contributed by atoms with Gasteiger partial charge in [-0.05, 0) is 47.2 Å². The van der Waals surface area contributed by atoms with Gasteiger partial charge in [-0.15, -0.1) is 0 Å². The molecule has 0 aliphatic carbocycles. The molecule has 1 heterocycles. The standard InChI is InChI=1S/C13H15IN4/c1-2-18(13-16-7-11(14)8-17-13)9-10-4-3-5-12(15)6-10/h3-8H,2,9,15H2,1H3. The van der Waals surface area contributed by atoms with Crippen LogP contribution in [0.25, 0.3) is 0 Å². The molecule has 0 fully saturated rings. The van der Waals surface area contributed by atoms with Crippen LogP contribution in [0.1, 0.15) is 12.5 Å². The van der Waals surface area contributed by atoms with Gasteiger partial charge in [-0.3, -0.25) is 0 Å². The lowest BCUT2D eigenvalue weighted by Gasteiger charge is -2.20. The van der Waals surface area contributed by atoms with Gasteiger partial charge in [0.1, 0.15) is 0 Å². The van der Waals surface area contributed by atoms with Gasteiger partial charge >= 0.3 is 0 Å². The maximum Gasteiger partial charge on any atom is 0.225 e. The molecular formula is C13H15IN4. The topological polar surface area (TPSA) is 55.0 Å². The van der Waals surface area contributed by atoms with Crippen LogP contribution in [0.2, 0.25) is 0 Å². The fraction of sp³-hybridized carbons (Fsp3) is 0.231. The summed E-state index contributed by atoms with van der Waals surface area (Å²) in [5, 5.41) is 0. The molecule has 2 aromatic rings. The third-order valence-electron chi connectivity index (χ3n) is 2.60. The minimum Gasteiger partial charge on any atom is -0.399 e. The lowest BCUT2D eigenvalue weighted by molar-refractivity contribution is 0.790. The van der Waals surface area contributed by atoms with E-state index in [9.17, 15) is 0 Å². The Kier molecular flexibility index (Phi) is 4.35. The third kappa shape index (κ3) is 3.32. The van der Waals surface area contributed by atoms with Gasteiger partial charge in [0.25, 0.3) is 0 Å². The molecular weight excluding hydrogens is 339 g/mol. The van der Waals surface area contributed by atoms with Gasteiger partial charge in [0.15, 0.2) is 0 Å². The summed E-state index contributed by atoms with van der Waals surface area (Å²) >= 11 is 2.20. The molecule has 0 unspecified atom stereocenters. The van der Waals surface area contributed by atoms with Crippen LogP contribution in [-0.2, 0) is 6.54 Å². The first-order valence-corrected chi connectivity index (χ1v) is 6.84. The van der Waals surface area contributed by atoms with Gasteiger partial charge in [-0.25, -0.2) is 9.97 Å². The number of hydrogen-bond donors (Lipinski definition) is 1. The quantitative estimate of drug-likeness (QED) is 0.678. The van der Waals surface area contributed by atoms with E-state index >= 15 is 0 Å². The molecule has 2 N–H and O–H groups in total. The lowest BCUT2D eigenvalue weighted by Crippen LogP contribution is -2.24. The van der Waals surface area contributed by atoms with E-state index < -0.39 is 0 Å². The van der Waals surface area contributed by atoms with E-state index in [1.165, 1.54) is 5.56 Å². The van der Waals surface area contributed by atoms with Crippen molar-refractivity contribution in [2.24, 2.45) is 0 Å². The molecule has 0 aliphatic rings. The van der Waals surface area contributed by atoms with Crippen LogP contribution < -0.4 is 10.6 Å². The van der Waals surface area contributed by atoms with Gasteiger partial charge in [-0.1, -0.05) is 12.1 Å². The largest absolute Gasteiger partial charge is 0.399 e. The van der Waals surface area contributed by atoms with Crippen molar-refractivity contribution in [2.75, 3.05) is 17.2 Å². The van der Waals surface area contributed by atoms with Crippen molar-refractivity contribution in [2.45, 2.75) is 13.5 Å². The van der Waals surface area contributed by atoms with E-state index in [1.807, 2.05) is 30.6 Å². The van der Waals surface area contributed by atoms with Crippen molar-refractivity contribution < 1.29 is 0 Å². The fourth-order valence-electron chi connectivity index (χ4n) is 1.70. The minimum absolute atomic E-state index is 0.750. The summed E-state index contributed by atoms with van der Waals surface area (Å²) in [6, 6.07) is 7.90. The summed E-state index contributed by atoms with van der Waals surface area (Å²) in [6.07, 6.45) is 3.65. The van der Waals surface area contributed by atoms with Gasteiger partial charge in [0.05, 0.1) is 0 Å². The molecule has 18 heavy (non-hydrogen) atoms. The summed E-state index contributed by atoms with van der Waals surface area (Å²) in [5.41, 5.74) is 7.73. The first-order valence-electron chi connectivity index (χ1n) is 5.76. The second-order valence-electron chi connectivity index (χ2n) is 3.96. The molecule has 0 bridgehead atoms. The predicted molar refractivity (Wildman–Crippen MR) is 82.3 cm³/mol. The number of nitrogens with zero attached hydrogens (tertiary/aromatic N) is 3. The van der Waals surface area contributed by atoms with Gasteiger partial charge in [0.2, 0.25) is 5.95 Å². The van der Waals surface area contributed by atoms with Crippen LogP contribution in [0.5, 0.6) is 0 Å². The highest BCUT2D eigenvalue weighted by molar-refractivity contribution is 14.1. The molecule has 0 aliphatic heterocycles. The predicted octanol–water partition coefficient (Wildman–Crippen LogP) is 2.69. The average Bonchev–Trinajstić information content (AvgIpc) is 2.37. The van der Waals surface area contributed by atoms with Crippen molar-refractivity contribution in [1.29, 1.82) is 0 Å². The Morgan fingerprint density at radius 2 is 2.00 bits per heavy atom. The summed E-state index contributed by atoms with van der Waals surface area (Å²) in [5.74, 6) is 0.750. The first kappa shape index (κ1) is 13.1. The van der Waals surface area contributed by atoms with Crippen LogP contribution in [0.4, 0.5) is 11.6 Å². The molecule has 5 heteroatoms. The normalized spacial score (nSPS) is 10.3. The molecule has 1 aromatic heterocycles. The SMILES string of the molecule is CCN(Cc1cccc(N)c1)c1ncc(I)cn1. The number of nitrogens with two attached hydrogens (primary N) is 1. The molecule has 94 valence electrons. The Morgan fingerprint density at radius 3 is 2.61 bits per heavy atom. The summed E-state index contributed by atoms with van der Waals surface area (Å²) in [6.45, 7) is 3.71. The van der Waals surface area contributed by atoms with Crippen molar-refractivity contribution in [3.63, 3.8) is 0 Å². The monoisotopic (exact) mass is 354 g/mol. The van der Waals surface area contributed by atoms with Crippen LogP contribution in [0, 0.1) is 3.57 Å². The van der Waals surface area contributed by atoms with Crippen molar-refractivity contribution in [3.8, 4) is 0 Å². The highest BCUT2D eigenvalue weighted by Gasteiger charge is 2.08. The molecule has 2 rings (SSSR count). The van der Waals surface area contributed by atoms with Crippen molar-refractivity contribution >= 4 is 34.2 Å². The maximum absolute atomic E-state index is 5.78. The van der Waals surface area contributed by atoms with E-state index in [2.05, 4.69) is 50.4 Å². The van der Waals surface area contributed by atoms with Crippen LogP contribution in [-0.4, -0.2) is 16.5 Å². The zero-order valence-electron chi connectivity index (χ0n) is 10.2. The number of anilines is 2. The summed E-state index contributed by atoms with van der Waals surface area (Å²) in [7, 11) is 0. The van der Waals surface area contributed by atoms with E-state index in [0.29, 0.717) is 0 Å². The highest BCUT2D eigenvalue weighted by atomic mass is 127. The smallest absolute Gasteiger partial charge is 0.225 e. The van der Waals surface area contributed by atoms with E-state index in [4.69, 9.17) is 5.73 Å². The Balaban J connectivity index is 2.17. The van der Waals surface area contributed by atoms with Crippen LogP contribution in [0.3, 0.4) is 0 Å². The zero-order valence-corrected chi connectivity index (χ0v) is 12.3. The Morgan fingerprint density at radius 1 is 1.28 bits per heavy atom. The summed E-state index contributed by atoms with van der Waals surface area (Å²) in [4.78, 5) is 10.8. The Labute approximate surface area is 120 Å². The molecule has 0 spiro atoms. The lowest BCUT2D eigenvalue weighted by atomic mass is 10.2. The van der Waals surface area contributed by atoms with Crippen molar-refractivity contribution in [3.05, 3.63) is 45.8 Å². The second kappa shape index (κ2) is 5.99. The number of benzene rings is 1. The number of nitrogen functional groups attached to an aromatic ring is 1. The van der Waals surface area contributed by atoms with E-state index in [-0.39, 0.29) is 0 Å². The van der Waals surface area contributed by atoms with Crippen LogP contribution in [0.15, 0.2) is 36.7 Å². The van der Waals surface area contributed by atoms with Crippen LogP contribution >= 0.6 is 22.6 Å². The number of halogens is 1. The molecule has 0 saturated heterocycles. The Hall–Kier alpha value is -1.37. The Bertz CT molecular complexity index is 513. The molecule has 4 nitrogen and oxygen atoms in total. The van der Waals surface area contributed by atoms with Gasteiger partial charge in [0, 0.05) is 34.7 Å². The van der Waals surface area contributed by atoms with Gasteiger partial charge < -0.3 is 10.6 Å². The maximum atomic E-state index is 5.78. The molecule has 1 aromatic carbocycles. The number of rotatable bonds is 4. The first-order chi connectivity index (χ1) is 8.69. The second-order valence-corrected chi connectivity index (χ2v) is 5.21. The molecule has 0 saturated carbocycles. The molecule has 0 amide bonds. The fourth-order valence-corrected chi connectivity index (χ4v) is 1.98. The minimum atomic E-state index is 0.750. The third-order valence-corrected chi connectivity index (χ3v) is 3.15. The molecule has 0 atom stereocenters. The van der Waals surface area contributed by atoms with Crippen molar-refractivity contribution in [1.82, 2.24) is 9.97 Å². The highest BCUT2D eigenvalue weighted by Crippen LogP contribution is 2.14. The number of hydrogen-bond acceptors (Lipinski definition) is 4. The van der Waals surface area contributed by atoms with Gasteiger partial charge in [-0.2, -0.15) is 0 Å².